The smallest absolute Gasteiger partial charge is 0.127 e. The van der Waals surface area contributed by atoms with E-state index in [1.54, 1.807) is 6.07 Å². The zero-order valence-electron chi connectivity index (χ0n) is 11.9. The molecule has 0 spiro atoms. The van der Waals surface area contributed by atoms with Crippen LogP contribution in [0.15, 0.2) is 18.2 Å². The van der Waals surface area contributed by atoms with Gasteiger partial charge in [-0.25, -0.2) is 4.39 Å². The fourth-order valence-electron chi connectivity index (χ4n) is 3.10. The lowest BCUT2D eigenvalue weighted by Gasteiger charge is -2.31. The molecule has 0 aliphatic heterocycles. The molecule has 1 aliphatic carbocycles. The maximum atomic E-state index is 13.3. The van der Waals surface area contributed by atoms with E-state index >= 15 is 0 Å². The molecule has 0 aromatic heterocycles. The highest BCUT2D eigenvalue weighted by molar-refractivity contribution is 5.24. The number of rotatable bonds is 4. The van der Waals surface area contributed by atoms with Gasteiger partial charge in [-0.2, -0.15) is 0 Å². The fourth-order valence-corrected chi connectivity index (χ4v) is 3.10. The molecule has 2 nitrogen and oxygen atoms in total. The van der Waals surface area contributed by atoms with Gasteiger partial charge in [0.1, 0.15) is 5.82 Å². The molecule has 2 rings (SSSR count). The van der Waals surface area contributed by atoms with Crippen molar-refractivity contribution in [2.75, 3.05) is 0 Å². The summed E-state index contributed by atoms with van der Waals surface area (Å²) >= 11 is 0. The third-order valence-electron chi connectivity index (χ3n) is 3.95. The Balaban J connectivity index is 1.91. The van der Waals surface area contributed by atoms with Crippen LogP contribution < -0.4 is 5.73 Å². The molecule has 1 aliphatic rings. The van der Waals surface area contributed by atoms with Gasteiger partial charge in [0.15, 0.2) is 0 Å². The van der Waals surface area contributed by atoms with Crippen LogP contribution in [-0.4, -0.2) is 6.10 Å². The van der Waals surface area contributed by atoms with E-state index in [4.69, 9.17) is 10.5 Å². The SMILES string of the molecule is CC1CC(C)CC(OCc2ccc(F)c(CN)c2)C1. The first kappa shape index (κ1) is 14.5. The van der Waals surface area contributed by atoms with Gasteiger partial charge in [0.25, 0.3) is 0 Å². The fraction of sp³-hybridized carbons (Fsp3) is 0.625. The Kier molecular flexibility index (Phi) is 4.94. The second-order valence-corrected chi connectivity index (χ2v) is 5.98. The molecular weight excluding hydrogens is 241 g/mol. The highest BCUT2D eigenvalue weighted by Gasteiger charge is 2.24. The normalized spacial score (nSPS) is 27.5. The first-order valence-corrected chi connectivity index (χ1v) is 7.17. The van der Waals surface area contributed by atoms with Gasteiger partial charge < -0.3 is 10.5 Å². The maximum Gasteiger partial charge on any atom is 0.127 e. The lowest BCUT2D eigenvalue weighted by Crippen LogP contribution is -2.26. The second-order valence-electron chi connectivity index (χ2n) is 5.98. The van der Waals surface area contributed by atoms with E-state index in [1.165, 1.54) is 12.5 Å². The largest absolute Gasteiger partial charge is 0.374 e. The first-order chi connectivity index (χ1) is 9.08. The summed E-state index contributed by atoms with van der Waals surface area (Å²) in [6.45, 7) is 5.36. The van der Waals surface area contributed by atoms with Gasteiger partial charge in [0.2, 0.25) is 0 Å². The monoisotopic (exact) mass is 265 g/mol. The van der Waals surface area contributed by atoms with Crippen LogP contribution in [0.1, 0.15) is 44.2 Å². The van der Waals surface area contributed by atoms with Gasteiger partial charge in [0, 0.05) is 12.1 Å². The summed E-state index contributed by atoms with van der Waals surface area (Å²) in [4.78, 5) is 0. The summed E-state index contributed by atoms with van der Waals surface area (Å²) in [6.07, 6.45) is 3.91. The molecule has 1 aromatic rings. The number of hydrogen-bond donors (Lipinski definition) is 1. The Morgan fingerprint density at radius 3 is 2.53 bits per heavy atom. The molecule has 2 atom stereocenters. The molecule has 1 aromatic carbocycles. The van der Waals surface area contributed by atoms with Crippen molar-refractivity contribution in [2.24, 2.45) is 17.6 Å². The maximum absolute atomic E-state index is 13.3. The average Bonchev–Trinajstić information content (AvgIpc) is 2.36. The predicted octanol–water partition coefficient (Wildman–Crippen LogP) is 3.63. The lowest BCUT2D eigenvalue weighted by atomic mass is 9.82. The first-order valence-electron chi connectivity index (χ1n) is 7.17. The minimum atomic E-state index is -0.230. The van der Waals surface area contributed by atoms with E-state index in [2.05, 4.69) is 13.8 Å². The molecular formula is C16H24FNO. The van der Waals surface area contributed by atoms with Gasteiger partial charge in [-0.05, 0) is 48.8 Å². The highest BCUT2D eigenvalue weighted by atomic mass is 19.1. The van der Waals surface area contributed by atoms with E-state index in [0.717, 1.165) is 30.2 Å². The summed E-state index contributed by atoms with van der Waals surface area (Å²) in [6, 6.07) is 5.07. The van der Waals surface area contributed by atoms with E-state index in [0.29, 0.717) is 18.3 Å². The lowest BCUT2D eigenvalue weighted by molar-refractivity contribution is -0.00919. The van der Waals surface area contributed by atoms with Crippen LogP contribution in [0, 0.1) is 17.7 Å². The summed E-state index contributed by atoms with van der Waals surface area (Å²) in [7, 11) is 0. The second kappa shape index (κ2) is 6.49. The van der Waals surface area contributed by atoms with Crippen molar-refractivity contribution in [2.45, 2.75) is 52.4 Å². The number of nitrogens with two attached hydrogens (primary N) is 1. The Bertz CT molecular complexity index is 411. The third-order valence-corrected chi connectivity index (χ3v) is 3.95. The van der Waals surface area contributed by atoms with Crippen LogP contribution in [-0.2, 0) is 17.9 Å². The molecule has 0 radical (unpaired) electrons. The molecule has 19 heavy (non-hydrogen) atoms. The van der Waals surface area contributed by atoms with E-state index < -0.39 is 0 Å². The van der Waals surface area contributed by atoms with Crippen molar-refractivity contribution in [3.63, 3.8) is 0 Å². The molecule has 3 heteroatoms. The molecule has 0 saturated heterocycles. The van der Waals surface area contributed by atoms with Gasteiger partial charge in [-0.3, -0.25) is 0 Å². The standard InChI is InChI=1S/C16H24FNO/c1-11-5-12(2)7-15(6-11)19-10-13-3-4-16(17)14(8-13)9-18/h3-4,8,11-12,15H,5-7,9-10,18H2,1-2H3. The molecule has 0 amide bonds. The zero-order valence-corrected chi connectivity index (χ0v) is 11.9. The van der Waals surface area contributed by atoms with Gasteiger partial charge in [-0.15, -0.1) is 0 Å². The summed E-state index contributed by atoms with van der Waals surface area (Å²) in [5.41, 5.74) is 7.08. The van der Waals surface area contributed by atoms with Crippen molar-refractivity contribution in [1.29, 1.82) is 0 Å². The van der Waals surface area contributed by atoms with Crippen LogP contribution in [0.25, 0.3) is 0 Å². The van der Waals surface area contributed by atoms with Crippen LogP contribution in [0.4, 0.5) is 4.39 Å². The number of hydrogen-bond acceptors (Lipinski definition) is 2. The van der Waals surface area contributed by atoms with Crippen LogP contribution in [0.3, 0.4) is 0 Å². The van der Waals surface area contributed by atoms with Crippen molar-refractivity contribution in [3.8, 4) is 0 Å². The zero-order chi connectivity index (χ0) is 13.8. The van der Waals surface area contributed by atoms with Gasteiger partial charge in [-0.1, -0.05) is 19.9 Å². The van der Waals surface area contributed by atoms with Crippen LogP contribution in [0.2, 0.25) is 0 Å². The summed E-state index contributed by atoms with van der Waals surface area (Å²) < 4.78 is 19.3. The number of ether oxygens (including phenoxy) is 1. The Morgan fingerprint density at radius 2 is 1.89 bits per heavy atom. The van der Waals surface area contributed by atoms with Crippen molar-refractivity contribution in [1.82, 2.24) is 0 Å². The Labute approximate surface area is 115 Å². The minimum absolute atomic E-state index is 0.230. The minimum Gasteiger partial charge on any atom is -0.374 e. The van der Waals surface area contributed by atoms with Crippen LogP contribution >= 0.6 is 0 Å². The molecule has 2 unspecified atom stereocenters. The molecule has 1 saturated carbocycles. The molecule has 2 N–H and O–H groups in total. The highest BCUT2D eigenvalue weighted by Crippen LogP contribution is 2.30. The quantitative estimate of drug-likeness (QED) is 0.902. The number of benzene rings is 1. The van der Waals surface area contributed by atoms with Crippen molar-refractivity contribution in [3.05, 3.63) is 35.1 Å². The average molecular weight is 265 g/mol. The van der Waals surface area contributed by atoms with Gasteiger partial charge >= 0.3 is 0 Å². The topological polar surface area (TPSA) is 35.2 Å². The van der Waals surface area contributed by atoms with Crippen molar-refractivity contribution < 1.29 is 9.13 Å². The van der Waals surface area contributed by atoms with Crippen molar-refractivity contribution >= 4 is 0 Å². The Morgan fingerprint density at radius 1 is 1.21 bits per heavy atom. The predicted molar refractivity (Wildman–Crippen MR) is 75.0 cm³/mol. The van der Waals surface area contributed by atoms with E-state index in [1.807, 2.05) is 6.07 Å². The molecule has 0 heterocycles. The van der Waals surface area contributed by atoms with E-state index in [9.17, 15) is 4.39 Å². The third kappa shape index (κ3) is 4.02. The van der Waals surface area contributed by atoms with Gasteiger partial charge in [0.05, 0.1) is 12.7 Å². The molecule has 1 fully saturated rings. The number of halogens is 1. The molecule has 106 valence electrons. The summed E-state index contributed by atoms with van der Waals surface area (Å²) in [5.74, 6) is 1.24. The van der Waals surface area contributed by atoms with E-state index in [-0.39, 0.29) is 12.4 Å². The summed E-state index contributed by atoms with van der Waals surface area (Å²) in [5, 5.41) is 0. The van der Waals surface area contributed by atoms with Crippen LogP contribution in [0.5, 0.6) is 0 Å². The Hall–Kier alpha value is -0.930. The molecule has 0 bridgehead atoms.